The zero-order valence-electron chi connectivity index (χ0n) is 11.1. The van der Waals surface area contributed by atoms with Gasteiger partial charge in [0.1, 0.15) is 0 Å². The van der Waals surface area contributed by atoms with Crippen molar-refractivity contribution in [1.82, 2.24) is 4.90 Å². The van der Waals surface area contributed by atoms with Crippen molar-refractivity contribution in [1.29, 1.82) is 0 Å². The van der Waals surface area contributed by atoms with Crippen molar-refractivity contribution in [3.63, 3.8) is 0 Å². The van der Waals surface area contributed by atoms with E-state index in [1.807, 2.05) is 0 Å². The van der Waals surface area contributed by atoms with Crippen LogP contribution in [0, 0.1) is 6.92 Å². The molecule has 0 fully saturated rings. The first-order valence-electron chi connectivity index (χ1n) is 6.60. The van der Waals surface area contributed by atoms with Gasteiger partial charge in [0.2, 0.25) is 0 Å². The Morgan fingerprint density at radius 2 is 2.30 bits per heavy atom. The van der Waals surface area contributed by atoms with E-state index in [0.717, 1.165) is 28.9 Å². The van der Waals surface area contributed by atoms with E-state index in [-0.39, 0.29) is 6.61 Å². The zero-order valence-corrected chi connectivity index (χ0v) is 12.7. The number of hydrogen-bond donors (Lipinski definition) is 1. The number of aliphatic imine (C=N–C) groups is 1. The molecule has 4 rings (SSSR count). The average molecular weight is 302 g/mol. The van der Waals surface area contributed by atoms with Crippen molar-refractivity contribution in [2.75, 3.05) is 19.7 Å². The smallest absolute Gasteiger partial charge is 0.168 e. The monoisotopic (exact) mass is 302 g/mol. The molecule has 2 aliphatic heterocycles. The van der Waals surface area contributed by atoms with Gasteiger partial charge in [0.25, 0.3) is 0 Å². The minimum Gasteiger partial charge on any atom is -0.391 e. The summed E-state index contributed by atoms with van der Waals surface area (Å²) in [6.07, 6.45) is 0. The van der Waals surface area contributed by atoms with Gasteiger partial charge >= 0.3 is 0 Å². The fourth-order valence-electron chi connectivity index (χ4n) is 2.84. The number of rotatable bonds is 2. The predicted molar refractivity (Wildman–Crippen MR) is 87.2 cm³/mol. The van der Waals surface area contributed by atoms with Gasteiger partial charge in [-0.15, -0.1) is 11.3 Å². The molecular formula is C15H14N2OS2. The minimum atomic E-state index is 0.0797. The van der Waals surface area contributed by atoms with Crippen LogP contribution in [-0.4, -0.2) is 34.9 Å². The van der Waals surface area contributed by atoms with Gasteiger partial charge in [-0.25, -0.2) is 0 Å². The van der Waals surface area contributed by atoms with Crippen molar-refractivity contribution in [2.45, 2.75) is 6.92 Å². The van der Waals surface area contributed by atoms with Crippen LogP contribution in [0.4, 0.5) is 0 Å². The Morgan fingerprint density at radius 1 is 1.40 bits per heavy atom. The van der Waals surface area contributed by atoms with E-state index in [4.69, 9.17) is 0 Å². The molecule has 5 heteroatoms. The van der Waals surface area contributed by atoms with Crippen LogP contribution in [-0.2, 0) is 0 Å². The molecule has 2 aliphatic rings. The molecule has 0 unspecified atom stereocenters. The fraction of sp³-hybridized carbons (Fsp3) is 0.267. The summed E-state index contributed by atoms with van der Waals surface area (Å²) in [6.45, 7) is 3.98. The van der Waals surface area contributed by atoms with E-state index in [2.05, 4.69) is 40.4 Å². The van der Waals surface area contributed by atoms with E-state index >= 15 is 0 Å². The lowest BCUT2D eigenvalue weighted by Crippen LogP contribution is -2.20. The van der Waals surface area contributed by atoms with Crippen LogP contribution < -0.4 is 0 Å². The molecule has 3 nitrogen and oxygen atoms in total. The SMILES string of the molecule is Cc1cc(C2=C(CO)SC3=NCCN32)c2sccc2c1. The minimum absolute atomic E-state index is 0.0797. The number of thiophene rings is 1. The molecule has 20 heavy (non-hydrogen) atoms. The molecule has 0 atom stereocenters. The quantitative estimate of drug-likeness (QED) is 0.924. The maximum Gasteiger partial charge on any atom is 0.168 e. The standard InChI is InChI=1S/C15H14N2OS2/c1-9-6-10-2-5-19-14(10)11(7-9)13-12(8-18)20-15-16-3-4-17(13)15/h2,5-7,18H,3-4,8H2,1H3. The largest absolute Gasteiger partial charge is 0.391 e. The normalized spacial score (nSPS) is 18.1. The predicted octanol–water partition coefficient (Wildman–Crippen LogP) is 3.29. The molecule has 3 heterocycles. The Bertz CT molecular complexity index is 760. The summed E-state index contributed by atoms with van der Waals surface area (Å²) >= 11 is 3.38. The number of aryl methyl sites for hydroxylation is 1. The summed E-state index contributed by atoms with van der Waals surface area (Å²) in [5.74, 6) is 0. The highest BCUT2D eigenvalue weighted by Crippen LogP contribution is 2.44. The maximum absolute atomic E-state index is 9.69. The Balaban J connectivity index is 1.97. The molecule has 0 saturated heterocycles. The van der Waals surface area contributed by atoms with Gasteiger partial charge in [-0.05, 0) is 35.4 Å². The molecule has 2 aromatic rings. The number of nitrogens with zero attached hydrogens (tertiary/aromatic N) is 2. The van der Waals surface area contributed by atoms with Crippen LogP contribution in [0.3, 0.4) is 0 Å². The number of benzene rings is 1. The second kappa shape index (κ2) is 4.62. The molecule has 0 aliphatic carbocycles. The lowest BCUT2D eigenvalue weighted by atomic mass is 10.0. The summed E-state index contributed by atoms with van der Waals surface area (Å²) in [7, 11) is 0. The Morgan fingerprint density at radius 3 is 3.15 bits per heavy atom. The van der Waals surface area contributed by atoms with Gasteiger partial charge in [-0.2, -0.15) is 0 Å². The lowest BCUT2D eigenvalue weighted by molar-refractivity contribution is 0.339. The molecule has 1 N–H and O–H groups in total. The summed E-state index contributed by atoms with van der Waals surface area (Å²) in [5, 5.41) is 14.1. The van der Waals surface area contributed by atoms with Gasteiger partial charge < -0.3 is 10.0 Å². The number of fused-ring (bicyclic) bond motifs is 2. The van der Waals surface area contributed by atoms with E-state index in [0.29, 0.717) is 0 Å². The van der Waals surface area contributed by atoms with Crippen LogP contribution in [0.5, 0.6) is 0 Å². The molecule has 0 saturated carbocycles. The molecule has 0 spiro atoms. The van der Waals surface area contributed by atoms with Gasteiger partial charge in [-0.3, -0.25) is 4.99 Å². The lowest BCUT2D eigenvalue weighted by Gasteiger charge is -2.18. The Kier molecular flexibility index (Phi) is 2.87. The number of aliphatic hydroxyl groups excluding tert-OH is 1. The van der Waals surface area contributed by atoms with Gasteiger partial charge in [0, 0.05) is 21.7 Å². The molecule has 102 valence electrons. The zero-order chi connectivity index (χ0) is 13.7. The summed E-state index contributed by atoms with van der Waals surface area (Å²) in [4.78, 5) is 7.79. The van der Waals surface area contributed by atoms with Gasteiger partial charge in [0.15, 0.2) is 5.17 Å². The fourth-order valence-corrected chi connectivity index (χ4v) is 4.79. The Hall–Kier alpha value is -1.30. The molecule has 0 amide bonds. The van der Waals surface area contributed by atoms with Crippen LogP contribution in [0.1, 0.15) is 11.1 Å². The van der Waals surface area contributed by atoms with Crippen molar-refractivity contribution < 1.29 is 5.11 Å². The molecular weight excluding hydrogens is 288 g/mol. The topological polar surface area (TPSA) is 35.8 Å². The van der Waals surface area contributed by atoms with Crippen molar-refractivity contribution in [2.24, 2.45) is 4.99 Å². The van der Waals surface area contributed by atoms with E-state index in [9.17, 15) is 5.11 Å². The number of thioether (sulfide) groups is 1. The first kappa shape index (κ1) is 12.4. The second-order valence-corrected chi connectivity index (χ2v) is 6.98. The number of aliphatic hydroxyl groups is 1. The average Bonchev–Trinajstić information content (AvgIpc) is 3.11. The third-order valence-electron chi connectivity index (χ3n) is 3.64. The number of amidine groups is 1. The first-order valence-corrected chi connectivity index (χ1v) is 8.29. The van der Waals surface area contributed by atoms with E-state index < -0.39 is 0 Å². The summed E-state index contributed by atoms with van der Waals surface area (Å²) < 4.78 is 1.30. The van der Waals surface area contributed by atoms with Crippen LogP contribution in [0.2, 0.25) is 0 Å². The molecule has 0 radical (unpaired) electrons. The summed E-state index contributed by atoms with van der Waals surface area (Å²) in [6, 6.07) is 6.61. The Labute approximate surface area is 125 Å². The second-order valence-electron chi connectivity index (χ2n) is 5.00. The third kappa shape index (κ3) is 1.74. The molecule has 1 aromatic carbocycles. The highest BCUT2D eigenvalue weighted by molar-refractivity contribution is 8.17. The van der Waals surface area contributed by atoms with E-state index in [1.54, 1.807) is 23.1 Å². The van der Waals surface area contributed by atoms with Gasteiger partial charge in [-0.1, -0.05) is 17.8 Å². The number of hydrogen-bond acceptors (Lipinski definition) is 5. The highest BCUT2D eigenvalue weighted by Gasteiger charge is 2.33. The van der Waals surface area contributed by atoms with Crippen molar-refractivity contribution >= 4 is 44.0 Å². The molecule has 0 bridgehead atoms. The van der Waals surface area contributed by atoms with Crippen LogP contribution >= 0.6 is 23.1 Å². The summed E-state index contributed by atoms with van der Waals surface area (Å²) in [5.41, 5.74) is 3.65. The van der Waals surface area contributed by atoms with E-state index in [1.165, 1.54) is 21.2 Å². The van der Waals surface area contributed by atoms with Crippen molar-refractivity contribution in [3.8, 4) is 0 Å². The molecule has 1 aromatic heterocycles. The highest BCUT2D eigenvalue weighted by atomic mass is 32.2. The third-order valence-corrected chi connectivity index (χ3v) is 5.71. The maximum atomic E-state index is 9.69. The van der Waals surface area contributed by atoms with Crippen LogP contribution in [0.25, 0.3) is 15.8 Å². The van der Waals surface area contributed by atoms with Crippen molar-refractivity contribution in [3.05, 3.63) is 39.6 Å². The first-order chi connectivity index (χ1) is 9.78. The van der Waals surface area contributed by atoms with Crippen LogP contribution in [0.15, 0.2) is 33.5 Å². The van der Waals surface area contributed by atoms with Gasteiger partial charge in [0.05, 0.1) is 18.8 Å².